The maximum atomic E-state index is 5.15. The fourth-order valence-corrected chi connectivity index (χ4v) is 7.66. The lowest BCUT2D eigenvalue weighted by Gasteiger charge is -2.13. The van der Waals surface area contributed by atoms with Gasteiger partial charge < -0.3 is 0 Å². The van der Waals surface area contributed by atoms with Crippen LogP contribution in [0.1, 0.15) is 0 Å². The Hall–Kier alpha value is -5.97. The zero-order chi connectivity index (χ0) is 31.2. The van der Waals surface area contributed by atoms with Crippen LogP contribution in [0.4, 0.5) is 0 Å². The molecule has 2 aromatic heterocycles. The van der Waals surface area contributed by atoms with Crippen molar-refractivity contribution >= 4 is 42.3 Å². The van der Waals surface area contributed by atoms with Gasteiger partial charge in [0.05, 0.1) is 0 Å². The fraction of sp³-hybridized carbons (Fsp3) is 0. The lowest BCUT2D eigenvalue weighted by molar-refractivity contribution is 1.07. The number of thiophene rings is 1. The molecule has 0 N–H and O–H groups in total. The Morgan fingerprint density at radius 3 is 1.62 bits per heavy atom. The fourth-order valence-electron chi connectivity index (χ4n) is 6.51. The molecule has 0 aliphatic rings. The Kier molecular flexibility index (Phi) is 6.65. The minimum absolute atomic E-state index is 0.647. The van der Waals surface area contributed by atoms with Gasteiger partial charge in [0, 0.05) is 36.9 Å². The third kappa shape index (κ3) is 4.87. The summed E-state index contributed by atoms with van der Waals surface area (Å²) in [6.45, 7) is 0. The molecule has 0 aliphatic carbocycles. The van der Waals surface area contributed by atoms with Crippen LogP contribution < -0.4 is 0 Å². The van der Waals surface area contributed by atoms with Gasteiger partial charge in [-0.25, -0.2) is 15.0 Å². The van der Waals surface area contributed by atoms with Gasteiger partial charge >= 0.3 is 0 Å². The third-order valence-corrected chi connectivity index (χ3v) is 9.88. The SMILES string of the molecule is c1ccc(-c2ccc(-c3nc(-c4ccccc4)nc(-c4ccccc4-c4cccc5sc6ccc7ccccc7c6c45)n3)cc2)cc1. The molecular formula is C43H27N3S. The van der Waals surface area contributed by atoms with Gasteiger partial charge in [0.15, 0.2) is 17.5 Å². The van der Waals surface area contributed by atoms with E-state index in [-0.39, 0.29) is 0 Å². The van der Waals surface area contributed by atoms with E-state index in [0.29, 0.717) is 17.5 Å². The van der Waals surface area contributed by atoms with Gasteiger partial charge in [-0.05, 0) is 45.2 Å². The molecule has 0 bridgehead atoms. The maximum Gasteiger partial charge on any atom is 0.164 e. The standard InChI is InChI=1S/C43H27N3S/c1-3-12-28(13-4-1)29-22-24-32(25-23-29)42-44-41(31-15-5-2-6-16-31)45-43(46-42)36-19-10-9-18-34(36)35-20-11-21-37-40(35)39-33-17-8-7-14-30(33)26-27-38(39)47-37/h1-27H. The highest BCUT2D eigenvalue weighted by atomic mass is 32.1. The predicted molar refractivity (Wildman–Crippen MR) is 197 cm³/mol. The summed E-state index contributed by atoms with van der Waals surface area (Å²) in [7, 11) is 0. The van der Waals surface area contributed by atoms with Crippen molar-refractivity contribution in [3.63, 3.8) is 0 Å². The van der Waals surface area contributed by atoms with Crippen molar-refractivity contribution in [1.29, 1.82) is 0 Å². The van der Waals surface area contributed by atoms with E-state index in [1.807, 2.05) is 35.6 Å². The van der Waals surface area contributed by atoms with Gasteiger partial charge in [-0.2, -0.15) is 0 Å². The second-order valence-corrected chi connectivity index (χ2v) is 12.7. The quantitative estimate of drug-likeness (QED) is 0.193. The van der Waals surface area contributed by atoms with Gasteiger partial charge in [-0.1, -0.05) is 152 Å². The second-order valence-electron chi connectivity index (χ2n) is 11.6. The summed E-state index contributed by atoms with van der Waals surface area (Å²) < 4.78 is 2.56. The summed E-state index contributed by atoms with van der Waals surface area (Å²) in [5.41, 5.74) is 7.48. The van der Waals surface area contributed by atoms with Crippen molar-refractivity contribution in [1.82, 2.24) is 15.0 Å². The number of fused-ring (bicyclic) bond motifs is 5. The van der Waals surface area contributed by atoms with E-state index < -0.39 is 0 Å². The Morgan fingerprint density at radius 2 is 0.851 bits per heavy atom. The molecule has 4 heteroatoms. The van der Waals surface area contributed by atoms with Crippen molar-refractivity contribution in [2.45, 2.75) is 0 Å². The molecule has 0 amide bonds. The first-order valence-corrected chi connectivity index (χ1v) is 16.5. The molecule has 0 unspecified atom stereocenters. The highest BCUT2D eigenvalue weighted by Gasteiger charge is 2.19. The molecule has 9 aromatic rings. The topological polar surface area (TPSA) is 38.7 Å². The normalized spacial score (nSPS) is 11.4. The molecule has 0 aliphatic heterocycles. The molecule has 0 fully saturated rings. The molecule has 0 saturated carbocycles. The molecule has 0 saturated heterocycles. The van der Waals surface area contributed by atoms with Crippen molar-refractivity contribution in [2.24, 2.45) is 0 Å². The average molecular weight is 618 g/mol. The van der Waals surface area contributed by atoms with Crippen LogP contribution >= 0.6 is 11.3 Å². The Balaban J connectivity index is 1.25. The first kappa shape index (κ1) is 27.3. The van der Waals surface area contributed by atoms with E-state index in [0.717, 1.165) is 27.8 Å². The first-order valence-electron chi connectivity index (χ1n) is 15.7. The van der Waals surface area contributed by atoms with Crippen LogP contribution in [0.15, 0.2) is 164 Å². The van der Waals surface area contributed by atoms with Gasteiger partial charge in [-0.3, -0.25) is 0 Å². The molecule has 0 spiro atoms. The van der Waals surface area contributed by atoms with E-state index in [4.69, 9.17) is 15.0 Å². The highest BCUT2D eigenvalue weighted by molar-refractivity contribution is 7.26. The highest BCUT2D eigenvalue weighted by Crippen LogP contribution is 2.45. The maximum absolute atomic E-state index is 5.15. The summed E-state index contributed by atoms with van der Waals surface area (Å²) in [4.78, 5) is 15.3. The monoisotopic (exact) mass is 617 g/mol. The molecule has 0 radical (unpaired) electrons. The lowest BCUT2D eigenvalue weighted by atomic mass is 9.93. The van der Waals surface area contributed by atoms with E-state index in [2.05, 4.69) is 140 Å². The molecule has 9 rings (SSSR count). The van der Waals surface area contributed by atoms with Crippen LogP contribution in [0.3, 0.4) is 0 Å². The number of aromatic nitrogens is 3. The molecule has 47 heavy (non-hydrogen) atoms. The summed E-state index contributed by atoms with van der Waals surface area (Å²) in [5.74, 6) is 1.95. The number of hydrogen-bond donors (Lipinski definition) is 0. The number of rotatable bonds is 5. The zero-order valence-corrected chi connectivity index (χ0v) is 26.2. The van der Waals surface area contributed by atoms with Crippen LogP contribution in [0.2, 0.25) is 0 Å². The summed E-state index contributed by atoms with van der Waals surface area (Å²) in [6, 6.07) is 57.3. The summed E-state index contributed by atoms with van der Waals surface area (Å²) in [6.07, 6.45) is 0. The smallest absolute Gasteiger partial charge is 0.164 e. The summed E-state index contributed by atoms with van der Waals surface area (Å²) in [5, 5.41) is 5.09. The van der Waals surface area contributed by atoms with Crippen molar-refractivity contribution in [2.75, 3.05) is 0 Å². The first-order chi connectivity index (χ1) is 23.3. The van der Waals surface area contributed by atoms with Crippen LogP contribution in [-0.4, -0.2) is 15.0 Å². The van der Waals surface area contributed by atoms with Crippen LogP contribution in [-0.2, 0) is 0 Å². The third-order valence-electron chi connectivity index (χ3n) is 8.76. The van der Waals surface area contributed by atoms with Gasteiger partial charge in [-0.15, -0.1) is 11.3 Å². The number of benzene rings is 7. The Bertz CT molecular complexity index is 2550. The van der Waals surface area contributed by atoms with Crippen molar-refractivity contribution < 1.29 is 0 Å². The number of nitrogens with zero attached hydrogens (tertiary/aromatic N) is 3. The Morgan fingerprint density at radius 1 is 0.319 bits per heavy atom. The summed E-state index contributed by atoms with van der Waals surface area (Å²) >= 11 is 1.84. The molecule has 220 valence electrons. The number of hydrogen-bond acceptors (Lipinski definition) is 4. The Labute approximate surface area is 276 Å². The minimum atomic E-state index is 0.647. The van der Waals surface area contributed by atoms with Gasteiger partial charge in [0.25, 0.3) is 0 Å². The van der Waals surface area contributed by atoms with Crippen molar-refractivity contribution in [3.8, 4) is 56.4 Å². The van der Waals surface area contributed by atoms with E-state index in [1.54, 1.807) is 0 Å². The molecule has 0 atom stereocenters. The van der Waals surface area contributed by atoms with Crippen LogP contribution in [0.25, 0.3) is 87.4 Å². The molecular weight excluding hydrogens is 591 g/mol. The second kappa shape index (κ2) is 11.4. The van der Waals surface area contributed by atoms with Gasteiger partial charge in [0.2, 0.25) is 0 Å². The van der Waals surface area contributed by atoms with Gasteiger partial charge in [0.1, 0.15) is 0 Å². The molecule has 2 heterocycles. The van der Waals surface area contributed by atoms with E-state index >= 15 is 0 Å². The lowest BCUT2D eigenvalue weighted by Crippen LogP contribution is -2.01. The minimum Gasteiger partial charge on any atom is -0.208 e. The van der Waals surface area contributed by atoms with Crippen molar-refractivity contribution in [3.05, 3.63) is 164 Å². The predicted octanol–water partition coefficient (Wildman–Crippen LogP) is 11.7. The zero-order valence-electron chi connectivity index (χ0n) is 25.3. The van der Waals surface area contributed by atoms with E-state index in [1.165, 1.54) is 42.1 Å². The molecule has 7 aromatic carbocycles. The van der Waals surface area contributed by atoms with Crippen LogP contribution in [0.5, 0.6) is 0 Å². The largest absolute Gasteiger partial charge is 0.208 e. The molecule has 3 nitrogen and oxygen atoms in total. The van der Waals surface area contributed by atoms with Crippen LogP contribution in [0, 0.1) is 0 Å². The van der Waals surface area contributed by atoms with E-state index in [9.17, 15) is 0 Å². The average Bonchev–Trinajstić information content (AvgIpc) is 3.55.